The first-order valence-electron chi connectivity index (χ1n) is 6.28. The number of hydrogen-bond donors (Lipinski definition) is 2. The van der Waals surface area contributed by atoms with Gasteiger partial charge in [-0.05, 0) is 26.0 Å². The van der Waals surface area contributed by atoms with E-state index in [2.05, 4.69) is 10.4 Å². The van der Waals surface area contributed by atoms with Crippen LogP contribution in [0.15, 0.2) is 24.3 Å². The molecule has 5 nitrogen and oxygen atoms in total. The highest BCUT2D eigenvalue weighted by Gasteiger charge is 2.13. The lowest BCUT2D eigenvalue weighted by atomic mass is 10.2. The van der Waals surface area contributed by atoms with Gasteiger partial charge in [0, 0.05) is 5.56 Å². The van der Waals surface area contributed by atoms with Gasteiger partial charge in [0.25, 0.3) is 0 Å². The van der Waals surface area contributed by atoms with Crippen LogP contribution in [0, 0.1) is 13.8 Å². The number of aromatic nitrogens is 2. The van der Waals surface area contributed by atoms with Gasteiger partial charge < -0.3 is 11.1 Å². The number of carbonyl (C=O) groups excluding carboxylic acids is 1. The predicted octanol–water partition coefficient (Wildman–Crippen LogP) is 2.43. The second-order valence-corrected chi connectivity index (χ2v) is 5.42. The van der Waals surface area contributed by atoms with E-state index >= 15 is 0 Å². The van der Waals surface area contributed by atoms with E-state index in [1.54, 1.807) is 29.8 Å². The van der Waals surface area contributed by atoms with Crippen molar-refractivity contribution in [3.8, 4) is 0 Å². The van der Waals surface area contributed by atoms with Crippen LogP contribution in [0.3, 0.4) is 0 Å². The zero-order chi connectivity index (χ0) is 15.6. The van der Waals surface area contributed by atoms with Crippen molar-refractivity contribution < 1.29 is 4.79 Å². The fourth-order valence-corrected chi connectivity index (χ4v) is 2.28. The lowest BCUT2D eigenvalue weighted by Crippen LogP contribution is -2.22. The molecule has 21 heavy (non-hydrogen) atoms. The summed E-state index contributed by atoms with van der Waals surface area (Å²) in [4.78, 5) is 12.4. The lowest BCUT2D eigenvalue weighted by Gasteiger charge is -2.10. The van der Waals surface area contributed by atoms with E-state index < -0.39 is 0 Å². The fourth-order valence-electron chi connectivity index (χ4n) is 1.96. The van der Waals surface area contributed by atoms with Crippen molar-refractivity contribution >= 4 is 40.4 Å². The minimum atomic E-state index is -0.221. The molecule has 110 valence electrons. The lowest BCUT2D eigenvalue weighted by molar-refractivity contribution is -0.116. The first-order chi connectivity index (χ1) is 9.90. The number of thiocarbonyl (C=S) groups is 1. The zero-order valence-electron chi connectivity index (χ0n) is 11.7. The Labute approximate surface area is 133 Å². The van der Waals surface area contributed by atoms with Crippen LogP contribution in [0.1, 0.15) is 17.0 Å². The van der Waals surface area contributed by atoms with Gasteiger partial charge in [-0.15, -0.1) is 0 Å². The van der Waals surface area contributed by atoms with Crippen LogP contribution >= 0.6 is 23.8 Å². The molecule has 3 N–H and O–H groups in total. The van der Waals surface area contributed by atoms with E-state index in [0.29, 0.717) is 22.0 Å². The van der Waals surface area contributed by atoms with Gasteiger partial charge in [-0.25, -0.2) is 0 Å². The van der Waals surface area contributed by atoms with Crippen LogP contribution in [0.25, 0.3) is 0 Å². The number of rotatable bonds is 4. The Morgan fingerprint density at radius 2 is 2.10 bits per heavy atom. The van der Waals surface area contributed by atoms with Gasteiger partial charge in [0.1, 0.15) is 11.5 Å². The molecule has 2 aromatic rings. The van der Waals surface area contributed by atoms with Crippen molar-refractivity contribution in [2.45, 2.75) is 20.4 Å². The van der Waals surface area contributed by atoms with E-state index in [1.807, 2.05) is 13.0 Å². The number of anilines is 1. The molecule has 7 heteroatoms. The molecule has 0 fully saturated rings. The van der Waals surface area contributed by atoms with Gasteiger partial charge in [-0.2, -0.15) is 5.10 Å². The summed E-state index contributed by atoms with van der Waals surface area (Å²) < 4.78 is 1.57. The molecule has 0 saturated heterocycles. The van der Waals surface area contributed by atoms with Crippen molar-refractivity contribution in [1.29, 1.82) is 0 Å². The molecule has 0 saturated carbocycles. The van der Waals surface area contributed by atoms with Gasteiger partial charge in [-0.1, -0.05) is 36.0 Å². The van der Waals surface area contributed by atoms with Crippen LogP contribution in [0.4, 0.5) is 5.69 Å². The van der Waals surface area contributed by atoms with Crippen LogP contribution in [-0.2, 0) is 11.3 Å². The van der Waals surface area contributed by atoms with Gasteiger partial charge in [0.2, 0.25) is 5.91 Å². The van der Waals surface area contributed by atoms with Gasteiger partial charge in [-0.3, -0.25) is 9.48 Å². The molecule has 0 atom stereocenters. The minimum Gasteiger partial charge on any atom is -0.389 e. The molecule has 1 amide bonds. The molecule has 1 heterocycles. The molecule has 0 bridgehead atoms. The van der Waals surface area contributed by atoms with E-state index in [9.17, 15) is 4.79 Å². The van der Waals surface area contributed by atoms with Crippen molar-refractivity contribution in [1.82, 2.24) is 9.78 Å². The maximum Gasteiger partial charge on any atom is 0.246 e. The summed E-state index contributed by atoms with van der Waals surface area (Å²) in [5, 5.41) is 7.58. The number of hydrogen-bond acceptors (Lipinski definition) is 3. The number of nitrogens with one attached hydrogen (secondary N) is 1. The van der Waals surface area contributed by atoms with Crippen molar-refractivity contribution in [3.63, 3.8) is 0 Å². The van der Waals surface area contributed by atoms with E-state index in [1.165, 1.54) is 0 Å². The van der Waals surface area contributed by atoms with E-state index in [0.717, 1.165) is 5.69 Å². The number of amides is 1. The van der Waals surface area contributed by atoms with Gasteiger partial charge in [0.15, 0.2) is 0 Å². The highest BCUT2D eigenvalue weighted by atomic mass is 35.5. The summed E-state index contributed by atoms with van der Waals surface area (Å²) in [5.74, 6) is -0.221. The van der Waals surface area contributed by atoms with E-state index in [4.69, 9.17) is 29.6 Å². The molecule has 0 unspecified atom stereocenters. The summed E-state index contributed by atoms with van der Waals surface area (Å²) in [6.45, 7) is 3.69. The Hall–Kier alpha value is -1.92. The molecular weight excluding hydrogens is 308 g/mol. The van der Waals surface area contributed by atoms with Gasteiger partial charge >= 0.3 is 0 Å². The Morgan fingerprint density at radius 3 is 2.67 bits per heavy atom. The van der Waals surface area contributed by atoms with Crippen LogP contribution in [0.2, 0.25) is 5.02 Å². The molecular formula is C14H15ClN4OS. The molecule has 0 aliphatic heterocycles. The summed E-state index contributed by atoms with van der Waals surface area (Å²) in [5.41, 5.74) is 8.31. The zero-order valence-corrected chi connectivity index (χ0v) is 13.3. The normalized spacial score (nSPS) is 10.4. The summed E-state index contributed by atoms with van der Waals surface area (Å²) >= 11 is 11.0. The van der Waals surface area contributed by atoms with Crippen LogP contribution in [-0.4, -0.2) is 20.7 Å². The summed E-state index contributed by atoms with van der Waals surface area (Å²) in [6.07, 6.45) is 0. The monoisotopic (exact) mass is 322 g/mol. The highest BCUT2D eigenvalue weighted by molar-refractivity contribution is 7.80. The molecule has 2 rings (SSSR count). The molecule has 1 aromatic heterocycles. The summed E-state index contributed by atoms with van der Waals surface area (Å²) in [7, 11) is 0. The second kappa shape index (κ2) is 6.24. The smallest absolute Gasteiger partial charge is 0.246 e. The Balaban J connectivity index is 2.16. The van der Waals surface area contributed by atoms with Crippen LogP contribution in [0.5, 0.6) is 0 Å². The molecule has 1 aromatic carbocycles. The quantitative estimate of drug-likeness (QED) is 0.848. The average molecular weight is 323 g/mol. The molecule has 0 aliphatic carbocycles. The van der Waals surface area contributed by atoms with Crippen molar-refractivity contribution in [2.75, 3.05) is 5.32 Å². The molecule has 0 radical (unpaired) electrons. The fraction of sp³-hybridized carbons (Fsp3) is 0.214. The number of aryl methyl sites for hydroxylation is 1. The first-order valence-corrected chi connectivity index (χ1v) is 7.07. The maximum absolute atomic E-state index is 12.1. The van der Waals surface area contributed by atoms with Gasteiger partial charge in [0.05, 0.1) is 22.1 Å². The SMILES string of the molecule is Cc1nn(CC(=O)Nc2ccccc2C(N)=S)c(C)c1Cl. The number of benzene rings is 1. The second-order valence-electron chi connectivity index (χ2n) is 4.60. The largest absolute Gasteiger partial charge is 0.389 e. The third kappa shape index (κ3) is 3.40. The Morgan fingerprint density at radius 1 is 1.43 bits per heavy atom. The predicted molar refractivity (Wildman–Crippen MR) is 87.7 cm³/mol. The number of carbonyl (C=O) groups is 1. The standard InChI is InChI=1S/C14H15ClN4OS/c1-8-13(15)9(2)19(18-8)7-12(20)17-11-6-4-3-5-10(11)14(16)21/h3-6H,7H2,1-2H3,(H2,16,21)(H,17,20). The first kappa shape index (κ1) is 15.5. The third-order valence-electron chi connectivity index (χ3n) is 3.05. The van der Waals surface area contributed by atoms with E-state index in [-0.39, 0.29) is 17.4 Å². The molecule has 0 aliphatic rings. The topological polar surface area (TPSA) is 72.9 Å². The van der Waals surface area contributed by atoms with Crippen molar-refractivity contribution in [2.24, 2.45) is 5.73 Å². The Bertz CT molecular complexity index is 711. The maximum atomic E-state index is 12.1. The number of halogens is 1. The number of nitrogens with zero attached hydrogens (tertiary/aromatic N) is 2. The highest BCUT2D eigenvalue weighted by Crippen LogP contribution is 2.19. The molecule has 0 spiro atoms. The number of para-hydroxylation sites is 1. The summed E-state index contributed by atoms with van der Waals surface area (Å²) in [6, 6.07) is 7.13. The van der Waals surface area contributed by atoms with Crippen LogP contribution < -0.4 is 11.1 Å². The number of nitrogens with two attached hydrogens (primary N) is 1. The van der Waals surface area contributed by atoms with Crippen molar-refractivity contribution in [3.05, 3.63) is 46.2 Å². The Kier molecular flexibility index (Phi) is 4.59. The minimum absolute atomic E-state index is 0.0745. The average Bonchev–Trinajstić information content (AvgIpc) is 2.66. The third-order valence-corrected chi connectivity index (χ3v) is 3.82.